The summed E-state index contributed by atoms with van der Waals surface area (Å²) in [6.07, 6.45) is -3.66. The minimum atomic E-state index is -4.26. The van der Waals surface area contributed by atoms with Crippen molar-refractivity contribution >= 4 is 34.7 Å². The third kappa shape index (κ3) is 3.97. The smallest absolute Gasteiger partial charge is 0.383 e. The van der Waals surface area contributed by atoms with Gasteiger partial charge in [-0.25, -0.2) is 15.0 Å². The van der Waals surface area contributed by atoms with Crippen molar-refractivity contribution in [2.24, 2.45) is 0 Å². The lowest BCUT2D eigenvalue weighted by Crippen LogP contribution is -2.32. The van der Waals surface area contributed by atoms with Gasteiger partial charge >= 0.3 is 6.18 Å². The fraction of sp³-hybridized carbons (Fsp3) is 0.250. The second-order valence-corrected chi connectivity index (χ2v) is 8.99. The summed E-state index contributed by atoms with van der Waals surface area (Å²) in [7, 11) is 0. The zero-order chi connectivity index (χ0) is 25.0. The van der Waals surface area contributed by atoms with Crippen LogP contribution >= 0.6 is 11.6 Å². The molecule has 1 aromatic carbocycles. The molecular formula is C24H20ClF3N6O. The average molecular weight is 501 g/mol. The zero-order valence-electron chi connectivity index (χ0n) is 18.5. The lowest BCUT2D eigenvalue weighted by molar-refractivity contribution is -0.135. The lowest BCUT2D eigenvalue weighted by atomic mass is 9.78. The molecule has 5 rings (SSSR count). The number of nitrogens with zero attached hydrogens (tertiary/aromatic N) is 4. The van der Waals surface area contributed by atoms with Gasteiger partial charge in [0.05, 0.1) is 16.1 Å². The molecule has 1 amide bonds. The van der Waals surface area contributed by atoms with E-state index in [1.54, 1.807) is 29.7 Å². The van der Waals surface area contributed by atoms with Crippen molar-refractivity contribution in [2.45, 2.75) is 37.8 Å². The number of halogens is 4. The molecule has 1 atom stereocenters. The van der Waals surface area contributed by atoms with Crippen molar-refractivity contribution in [1.29, 1.82) is 0 Å². The van der Waals surface area contributed by atoms with Crippen LogP contribution in [0.4, 0.5) is 24.8 Å². The standard InChI is InChI=1S/C24H20ClF3N6O/c1-23(13-6-3-2-4-7-13)17-19(29)31-21(32-20(17)33-22(23)35)18-15-10-9-14(25)12-34(15)16(30-18)8-5-11-24(26,27)28/h2-4,6-7,9-10,12H,5,8,11H2,1H3,(H3,29,31,32,33,35). The van der Waals surface area contributed by atoms with E-state index in [0.717, 1.165) is 5.56 Å². The Morgan fingerprint density at radius 2 is 1.86 bits per heavy atom. The first-order valence-electron chi connectivity index (χ1n) is 10.9. The number of nitrogens with two attached hydrogens (primary N) is 1. The minimum Gasteiger partial charge on any atom is -0.383 e. The molecule has 3 aromatic heterocycles. The Labute approximate surface area is 203 Å². The number of carbonyl (C=O) groups is 1. The van der Waals surface area contributed by atoms with Gasteiger partial charge in [0.1, 0.15) is 28.6 Å². The Bertz CT molecular complexity index is 1450. The summed E-state index contributed by atoms with van der Waals surface area (Å²) in [6.45, 7) is 1.76. The number of anilines is 2. The molecule has 0 radical (unpaired) electrons. The van der Waals surface area contributed by atoms with E-state index in [-0.39, 0.29) is 36.2 Å². The van der Waals surface area contributed by atoms with Gasteiger partial charge < -0.3 is 15.5 Å². The topological polar surface area (TPSA) is 98.2 Å². The number of amides is 1. The summed E-state index contributed by atoms with van der Waals surface area (Å²) in [5, 5.41) is 3.20. The number of aromatic nitrogens is 4. The molecule has 35 heavy (non-hydrogen) atoms. The van der Waals surface area contributed by atoms with Gasteiger partial charge in [-0.1, -0.05) is 41.9 Å². The van der Waals surface area contributed by atoms with Crippen LogP contribution in [0.1, 0.15) is 36.7 Å². The number of benzene rings is 1. The van der Waals surface area contributed by atoms with Gasteiger partial charge in [-0.15, -0.1) is 0 Å². The summed E-state index contributed by atoms with van der Waals surface area (Å²) >= 11 is 6.13. The van der Waals surface area contributed by atoms with Crippen molar-refractivity contribution in [2.75, 3.05) is 11.1 Å². The highest BCUT2D eigenvalue weighted by molar-refractivity contribution is 6.30. The molecule has 4 heterocycles. The van der Waals surface area contributed by atoms with Crippen LogP contribution < -0.4 is 11.1 Å². The maximum Gasteiger partial charge on any atom is 0.389 e. The molecule has 0 spiro atoms. The van der Waals surface area contributed by atoms with Gasteiger partial charge in [0, 0.05) is 19.0 Å². The first kappa shape index (κ1) is 23.1. The van der Waals surface area contributed by atoms with Gasteiger partial charge in [0.25, 0.3) is 0 Å². The molecule has 3 N–H and O–H groups in total. The van der Waals surface area contributed by atoms with Crippen LogP contribution in [0.15, 0.2) is 48.7 Å². The SMILES string of the molecule is CC1(c2ccccc2)C(=O)Nc2nc(-c3nc(CCCC(F)(F)F)n4cc(Cl)ccc34)nc(N)c21. The van der Waals surface area contributed by atoms with E-state index < -0.39 is 18.0 Å². The quantitative estimate of drug-likeness (QED) is 0.394. The molecule has 1 unspecified atom stereocenters. The summed E-state index contributed by atoms with van der Waals surface area (Å²) < 4.78 is 39.7. The predicted octanol–water partition coefficient (Wildman–Crippen LogP) is 5.17. The van der Waals surface area contributed by atoms with Crippen molar-refractivity contribution in [3.05, 3.63) is 70.6 Å². The van der Waals surface area contributed by atoms with Crippen LogP contribution in [-0.2, 0) is 16.6 Å². The second-order valence-electron chi connectivity index (χ2n) is 8.55. The predicted molar refractivity (Wildman–Crippen MR) is 126 cm³/mol. The van der Waals surface area contributed by atoms with E-state index in [1.807, 2.05) is 30.3 Å². The lowest BCUT2D eigenvalue weighted by Gasteiger charge is -2.23. The van der Waals surface area contributed by atoms with E-state index in [2.05, 4.69) is 20.3 Å². The van der Waals surface area contributed by atoms with Crippen LogP contribution in [0.3, 0.4) is 0 Å². The number of imidazole rings is 1. The number of rotatable bonds is 5. The molecule has 1 aliphatic heterocycles. The van der Waals surface area contributed by atoms with E-state index in [1.165, 1.54) is 0 Å². The number of nitrogens with one attached hydrogen (secondary N) is 1. The Morgan fingerprint density at radius 3 is 2.57 bits per heavy atom. The van der Waals surface area contributed by atoms with Gasteiger partial charge in [-0.3, -0.25) is 4.79 Å². The molecule has 0 saturated carbocycles. The average Bonchev–Trinajstić information content (AvgIpc) is 3.28. The maximum absolute atomic E-state index is 13.0. The Morgan fingerprint density at radius 1 is 1.11 bits per heavy atom. The maximum atomic E-state index is 13.0. The van der Waals surface area contributed by atoms with Gasteiger partial charge in [0.15, 0.2) is 5.82 Å². The highest BCUT2D eigenvalue weighted by Crippen LogP contribution is 2.45. The Balaban J connectivity index is 1.60. The summed E-state index contributed by atoms with van der Waals surface area (Å²) in [5.41, 5.74) is 7.39. The highest BCUT2D eigenvalue weighted by Gasteiger charge is 2.47. The first-order valence-corrected chi connectivity index (χ1v) is 11.2. The number of alkyl halides is 3. The van der Waals surface area contributed by atoms with Gasteiger partial charge in [0.2, 0.25) is 5.91 Å². The molecule has 0 bridgehead atoms. The van der Waals surface area contributed by atoms with E-state index >= 15 is 0 Å². The van der Waals surface area contributed by atoms with Crippen LogP contribution in [0, 0.1) is 0 Å². The Hall–Kier alpha value is -3.66. The molecule has 0 aliphatic carbocycles. The number of fused-ring (bicyclic) bond motifs is 2. The number of nitrogen functional groups attached to an aromatic ring is 1. The van der Waals surface area contributed by atoms with Gasteiger partial charge in [-0.2, -0.15) is 13.2 Å². The number of carbonyl (C=O) groups excluding carboxylic acids is 1. The largest absolute Gasteiger partial charge is 0.389 e. The molecule has 7 nitrogen and oxygen atoms in total. The minimum absolute atomic E-state index is 0.0737. The number of pyridine rings is 1. The van der Waals surface area contributed by atoms with Crippen LogP contribution in [-0.4, -0.2) is 31.4 Å². The normalized spacial score (nSPS) is 17.6. The molecular weight excluding hydrogens is 481 g/mol. The molecule has 11 heteroatoms. The molecule has 1 aliphatic rings. The fourth-order valence-corrected chi connectivity index (χ4v) is 4.63. The molecule has 4 aromatic rings. The number of hydrogen-bond donors (Lipinski definition) is 2. The third-order valence-corrected chi connectivity index (χ3v) is 6.44. The first-order chi connectivity index (χ1) is 16.6. The van der Waals surface area contributed by atoms with E-state index in [4.69, 9.17) is 17.3 Å². The van der Waals surface area contributed by atoms with Crippen LogP contribution in [0.2, 0.25) is 5.02 Å². The molecule has 0 saturated heterocycles. The number of hydrogen-bond acceptors (Lipinski definition) is 5. The van der Waals surface area contributed by atoms with E-state index in [9.17, 15) is 18.0 Å². The van der Waals surface area contributed by atoms with E-state index in [0.29, 0.717) is 27.6 Å². The van der Waals surface area contributed by atoms with Crippen molar-refractivity contribution in [3.8, 4) is 11.5 Å². The third-order valence-electron chi connectivity index (χ3n) is 6.22. The molecule has 0 fully saturated rings. The second kappa shape index (κ2) is 8.23. The summed E-state index contributed by atoms with van der Waals surface area (Å²) in [4.78, 5) is 26.6. The summed E-state index contributed by atoms with van der Waals surface area (Å²) in [6, 6.07) is 12.5. The Kier molecular flexibility index (Phi) is 5.43. The van der Waals surface area contributed by atoms with Crippen molar-refractivity contribution < 1.29 is 18.0 Å². The fourth-order valence-electron chi connectivity index (χ4n) is 4.47. The van der Waals surface area contributed by atoms with Crippen LogP contribution in [0.5, 0.6) is 0 Å². The van der Waals surface area contributed by atoms with Gasteiger partial charge in [-0.05, 0) is 31.0 Å². The monoisotopic (exact) mass is 500 g/mol. The highest BCUT2D eigenvalue weighted by atomic mass is 35.5. The van der Waals surface area contributed by atoms with Crippen molar-refractivity contribution in [3.63, 3.8) is 0 Å². The molecule has 180 valence electrons. The van der Waals surface area contributed by atoms with Crippen molar-refractivity contribution in [1.82, 2.24) is 19.4 Å². The summed E-state index contributed by atoms with van der Waals surface area (Å²) in [5.74, 6) is 0.649. The van der Waals surface area contributed by atoms with Crippen LogP contribution in [0.25, 0.3) is 17.0 Å². The zero-order valence-corrected chi connectivity index (χ0v) is 19.3. The number of aryl methyl sites for hydroxylation is 1.